The second-order valence-electron chi connectivity index (χ2n) is 5.96. The van der Waals surface area contributed by atoms with Crippen molar-refractivity contribution in [2.75, 3.05) is 13.1 Å². The second kappa shape index (κ2) is 7.61. The summed E-state index contributed by atoms with van der Waals surface area (Å²) in [4.78, 5) is 12.1. The van der Waals surface area contributed by atoms with Crippen LogP contribution in [0.5, 0.6) is 0 Å². The molecular formula is C17H16F3NO4S2. The molecule has 0 N–H and O–H groups in total. The van der Waals surface area contributed by atoms with Crippen LogP contribution in [0, 0.1) is 0 Å². The minimum Gasteiger partial charge on any atom is -0.457 e. The molecule has 0 spiro atoms. The Bertz CT molecular complexity index is 932. The lowest BCUT2D eigenvalue weighted by Gasteiger charge is -2.16. The summed E-state index contributed by atoms with van der Waals surface area (Å²) in [6.45, 7) is 0.160. The zero-order valence-corrected chi connectivity index (χ0v) is 15.7. The van der Waals surface area contributed by atoms with Crippen LogP contribution >= 0.6 is 11.3 Å². The van der Waals surface area contributed by atoms with E-state index in [1.54, 1.807) is 0 Å². The van der Waals surface area contributed by atoms with Crippen molar-refractivity contribution in [2.24, 2.45) is 0 Å². The van der Waals surface area contributed by atoms with Gasteiger partial charge in [0.1, 0.15) is 16.4 Å². The molecule has 1 saturated heterocycles. The first-order valence-electron chi connectivity index (χ1n) is 8.11. The Hall–Kier alpha value is -1.91. The Kier molecular flexibility index (Phi) is 5.59. The Morgan fingerprint density at radius 3 is 2.48 bits per heavy atom. The molecule has 1 fully saturated rings. The van der Waals surface area contributed by atoms with Gasteiger partial charge in [-0.3, -0.25) is 0 Å². The number of rotatable bonds is 5. The normalized spacial score (nSPS) is 15.8. The minimum absolute atomic E-state index is 0.133. The molecule has 146 valence electrons. The molecule has 3 rings (SSSR count). The van der Waals surface area contributed by atoms with Gasteiger partial charge >= 0.3 is 12.1 Å². The predicted molar refractivity (Wildman–Crippen MR) is 92.9 cm³/mol. The van der Waals surface area contributed by atoms with Gasteiger partial charge in [0.25, 0.3) is 0 Å². The molecule has 0 saturated carbocycles. The van der Waals surface area contributed by atoms with E-state index in [-0.39, 0.29) is 15.3 Å². The van der Waals surface area contributed by atoms with Crippen LogP contribution in [0.3, 0.4) is 0 Å². The third-order valence-corrected chi connectivity index (χ3v) is 7.14. The molecule has 0 atom stereocenters. The lowest BCUT2D eigenvalue weighted by atomic mass is 10.1. The van der Waals surface area contributed by atoms with Crippen molar-refractivity contribution in [3.63, 3.8) is 0 Å². The maximum Gasteiger partial charge on any atom is 0.416 e. The molecule has 1 aromatic heterocycles. The highest BCUT2D eigenvalue weighted by Crippen LogP contribution is 2.33. The number of alkyl halides is 3. The molecule has 1 aliphatic rings. The Labute approximate surface area is 158 Å². The van der Waals surface area contributed by atoms with Crippen LogP contribution in [0.2, 0.25) is 0 Å². The fourth-order valence-electron chi connectivity index (χ4n) is 2.85. The SMILES string of the molecule is O=C(OCc1ccccc1C(F)(F)F)c1sccc1S(=O)(=O)N1CCCC1. The molecule has 2 aromatic rings. The monoisotopic (exact) mass is 419 g/mol. The summed E-state index contributed by atoms with van der Waals surface area (Å²) in [7, 11) is -3.82. The first kappa shape index (κ1) is 19.8. The zero-order chi connectivity index (χ0) is 19.7. The van der Waals surface area contributed by atoms with Crippen molar-refractivity contribution >= 4 is 27.3 Å². The topological polar surface area (TPSA) is 63.7 Å². The molecule has 0 aliphatic carbocycles. The van der Waals surface area contributed by atoms with Gasteiger partial charge in [0.2, 0.25) is 10.0 Å². The summed E-state index contributed by atoms with van der Waals surface area (Å²) < 4.78 is 70.7. The second-order valence-corrected chi connectivity index (χ2v) is 8.78. The van der Waals surface area contributed by atoms with Gasteiger partial charge in [0.15, 0.2) is 0 Å². The summed E-state index contributed by atoms with van der Waals surface area (Å²) in [5.41, 5.74) is -1.09. The highest BCUT2D eigenvalue weighted by atomic mass is 32.2. The molecule has 0 bridgehead atoms. The summed E-state index contributed by atoms with van der Waals surface area (Å²) in [6.07, 6.45) is -3.08. The van der Waals surface area contributed by atoms with Crippen LogP contribution in [0.4, 0.5) is 13.2 Å². The Balaban J connectivity index is 1.79. The van der Waals surface area contributed by atoms with E-state index in [2.05, 4.69) is 0 Å². The predicted octanol–water partition coefficient (Wildman–Crippen LogP) is 3.91. The molecule has 0 radical (unpaired) electrons. The average Bonchev–Trinajstić information content (AvgIpc) is 3.30. The lowest BCUT2D eigenvalue weighted by molar-refractivity contribution is -0.138. The average molecular weight is 419 g/mol. The van der Waals surface area contributed by atoms with E-state index in [1.165, 1.54) is 34.0 Å². The molecule has 0 unspecified atom stereocenters. The van der Waals surface area contributed by atoms with E-state index in [0.29, 0.717) is 13.1 Å². The standard InChI is InChI=1S/C17H16F3NO4S2/c18-17(19,20)13-6-2-1-5-12(13)11-25-16(22)15-14(7-10-26-15)27(23,24)21-8-3-4-9-21/h1-2,5-7,10H,3-4,8-9,11H2. The number of benzene rings is 1. The van der Waals surface area contributed by atoms with Crippen LogP contribution in [0.1, 0.15) is 33.6 Å². The number of halogens is 3. The molecule has 2 heterocycles. The van der Waals surface area contributed by atoms with Crippen molar-refractivity contribution in [3.05, 3.63) is 51.7 Å². The Morgan fingerprint density at radius 1 is 1.15 bits per heavy atom. The van der Waals surface area contributed by atoms with Crippen LogP contribution in [-0.4, -0.2) is 31.8 Å². The summed E-state index contributed by atoms with van der Waals surface area (Å²) in [6, 6.07) is 6.09. The van der Waals surface area contributed by atoms with Crippen molar-refractivity contribution in [3.8, 4) is 0 Å². The highest BCUT2D eigenvalue weighted by Gasteiger charge is 2.34. The fraction of sp³-hybridized carbons (Fsp3) is 0.353. The molecule has 10 heteroatoms. The number of carbonyl (C=O) groups is 1. The van der Waals surface area contributed by atoms with E-state index >= 15 is 0 Å². The molecule has 27 heavy (non-hydrogen) atoms. The maximum absolute atomic E-state index is 13.0. The smallest absolute Gasteiger partial charge is 0.416 e. The largest absolute Gasteiger partial charge is 0.457 e. The highest BCUT2D eigenvalue weighted by molar-refractivity contribution is 7.89. The number of esters is 1. The van der Waals surface area contributed by atoms with E-state index in [0.717, 1.165) is 30.2 Å². The molecular weight excluding hydrogens is 403 g/mol. The van der Waals surface area contributed by atoms with Crippen molar-refractivity contribution in [2.45, 2.75) is 30.5 Å². The van der Waals surface area contributed by atoms with Gasteiger partial charge in [0, 0.05) is 18.7 Å². The fourth-order valence-corrected chi connectivity index (χ4v) is 5.65. The molecule has 5 nitrogen and oxygen atoms in total. The van der Waals surface area contributed by atoms with E-state index in [9.17, 15) is 26.4 Å². The third-order valence-electron chi connectivity index (χ3n) is 4.18. The summed E-state index contributed by atoms with van der Waals surface area (Å²) >= 11 is 0.886. The van der Waals surface area contributed by atoms with Crippen LogP contribution < -0.4 is 0 Å². The number of ether oxygens (including phenoxy) is 1. The van der Waals surface area contributed by atoms with Gasteiger partial charge in [-0.15, -0.1) is 11.3 Å². The number of nitrogens with zero attached hydrogens (tertiary/aromatic N) is 1. The first-order chi connectivity index (χ1) is 12.7. The van der Waals surface area contributed by atoms with E-state index in [4.69, 9.17) is 4.74 Å². The maximum atomic E-state index is 13.0. The van der Waals surface area contributed by atoms with E-state index < -0.39 is 34.3 Å². The van der Waals surface area contributed by atoms with Crippen molar-refractivity contribution in [1.82, 2.24) is 4.31 Å². The van der Waals surface area contributed by atoms with E-state index in [1.807, 2.05) is 0 Å². The van der Waals surface area contributed by atoms with Gasteiger partial charge in [-0.05, 0) is 30.4 Å². The van der Waals surface area contributed by atoms with Crippen molar-refractivity contribution < 1.29 is 31.1 Å². The van der Waals surface area contributed by atoms with Crippen LogP contribution in [0.15, 0.2) is 40.6 Å². The number of hydrogen-bond donors (Lipinski definition) is 0. The van der Waals surface area contributed by atoms with Gasteiger partial charge in [0.05, 0.1) is 5.56 Å². The van der Waals surface area contributed by atoms with Gasteiger partial charge in [-0.2, -0.15) is 17.5 Å². The van der Waals surface area contributed by atoms with Gasteiger partial charge in [-0.25, -0.2) is 13.2 Å². The molecule has 1 aliphatic heterocycles. The molecule has 1 aromatic carbocycles. The van der Waals surface area contributed by atoms with Gasteiger partial charge in [-0.1, -0.05) is 18.2 Å². The first-order valence-corrected chi connectivity index (χ1v) is 10.4. The zero-order valence-electron chi connectivity index (χ0n) is 14.0. The van der Waals surface area contributed by atoms with Crippen LogP contribution in [0.25, 0.3) is 0 Å². The lowest BCUT2D eigenvalue weighted by Crippen LogP contribution is -2.28. The summed E-state index contributed by atoms with van der Waals surface area (Å²) in [5, 5.41) is 1.45. The van der Waals surface area contributed by atoms with Crippen molar-refractivity contribution in [1.29, 1.82) is 0 Å². The van der Waals surface area contributed by atoms with Gasteiger partial charge < -0.3 is 4.74 Å². The minimum atomic E-state index is -4.57. The summed E-state index contributed by atoms with van der Waals surface area (Å²) in [5.74, 6) is -0.959. The number of hydrogen-bond acceptors (Lipinski definition) is 5. The number of sulfonamides is 1. The number of carbonyl (C=O) groups excluding carboxylic acids is 1. The van der Waals surface area contributed by atoms with Crippen LogP contribution in [-0.2, 0) is 27.5 Å². The molecule has 0 amide bonds. The Morgan fingerprint density at radius 2 is 1.81 bits per heavy atom. The quantitative estimate of drug-likeness (QED) is 0.690. The third kappa shape index (κ3) is 4.17. The number of thiophene rings is 1.